The van der Waals surface area contributed by atoms with Gasteiger partial charge in [0.25, 0.3) is 0 Å². The Morgan fingerprint density at radius 1 is 1.48 bits per heavy atom. The molecule has 2 aromatic rings. The first-order chi connectivity index (χ1) is 9.90. The Bertz CT molecular complexity index is 715. The van der Waals surface area contributed by atoms with Crippen LogP contribution in [0.2, 0.25) is 4.34 Å². The Hall–Kier alpha value is -1.72. The van der Waals surface area contributed by atoms with E-state index in [0.29, 0.717) is 9.21 Å². The van der Waals surface area contributed by atoms with Gasteiger partial charge in [0.05, 0.1) is 16.6 Å². The van der Waals surface area contributed by atoms with E-state index in [9.17, 15) is 13.2 Å². The van der Waals surface area contributed by atoms with E-state index in [1.807, 2.05) is 6.07 Å². The van der Waals surface area contributed by atoms with Gasteiger partial charge in [0.1, 0.15) is 17.5 Å². The van der Waals surface area contributed by atoms with Crippen LogP contribution in [0.15, 0.2) is 18.3 Å². The van der Waals surface area contributed by atoms with Crippen molar-refractivity contribution in [2.45, 2.75) is 24.7 Å². The van der Waals surface area contributed by atoms with E-state index in [2.05, 4.69) is 10.4 Å². The predicted octanol–water partition coefficient (Wildman–Crippen LogP) is 4.13. The van der Waals surface area contributed by atoms with Gasteiger partial charge in [-0.2, -0.15) is 23.5 Å². The lowest BCUT2D eigenvalue weighted by molar-refractivity contribution is -0.173. The van der Waals surface area contributed by atoms with E-state index >= 15 is 0 Å². The van der Waals surface area contributed by atoms with Crippen LogP contribution in [-0.4, -0.2) is 16.0 Å². The lowest BCUT2D eigenvalue weighted by Crippen LogP contribution is -2.35. The average Bonchev–Trinajstić information content (AvgIpc) is 3.02. The molecule has 2 atom stereocenters. The number of nitrogens with zero attached hydrogens (tertiary/aromatic N) is 3. The van der Waals surface area contributed by atoms with Crippen molar-refractivity contribution in [1.82, 2.24) is 9.78 Å². The van der Waals surface area contributed by atoms with Crippen LogP contribution >= 0.6 is 22.9 Å². The van der Waals surface area contributed by atoms with Crippen molar-refractivity contribution >= 4 is 28.8 Å². The highest BCUT2D eigenvalue weighted by atomic mass is 35.5. The van der Waals surface area contributed by atoms with E-state index in [1.54, 1.807) is 12.1 Å². The molecular weight excluding hydrogens is 325 g/mol. The molecule has 0 bridgehead atoms. The highest BCUT2D eigenvalue weighted by molar-refractivity contribution is 7.16. The van der Waals surface area contributed by atoms with Gasteiger partial charge in [-0.1, -0.05) is 11.6 Å². The summed E-state index contributed by atoms with van der Waals surface area (Å²) < 4.78 is 41.0. The van der Waals surface area contributed by atoms with Crippen molar-refractivity contribution in [2.75, 3.05) is 5.32 Å². The Balaban J connectivity index is 2.05. The zero-order valence-corrected chi connectivity index (χ0v) is 11.9. The minimum absolute atomic E-state index is 0.0941. The monoisotopic (exact) mass is 332 g/mol. The Morgan fingerprint density at radius 3 is 2.81 bits per heavy atom. The maximum atomic E-state index is 13.2. The van der Waals surface area contributed by atoms with Gasteiger partial charge in [-0.25, -0.2) is 4.68 Å². The summed E-state index contributed by atoms with van der Waals surface area (Å²) in [7, 11) is 0. The van der Waals surface area contributed by atoms with Gasteiger partial charge in [0.15, 0.2) is 6.04 Å². The number of aromatic nitrogens is 2. The fraction of sp³-hybridized carbons (Fsp3) is 0.333. The molecule has 0 saturated carbocycles. The van der Waals surface area contributed by atoms with Crippen LogP contribution in [0.1, 0.15) is 28.9 Å². The van der Waals surface area contributed by atoms with Gasteiger partial charge < -0.3 is 5.32 Å². The molecule has 110 valence electrons. The predicted molar refractivity (Wildman–Crippen MR) is 72.3 cm³/mol. The van der Waals surface area contributed by atoms with Gasteiger partial charge in [-0.15, -0.1) is 11.3 Å². The topological polar surface area (TPSA) is 53.6 Å². The van der Waals surface area contributed by atoms with E-state index < -0.39 is 18.3 Å². The summed E-state index contributed by atoms with van der Waals surface area (Å²) in [5.74, 6) is 0.0978. The lowest BCUT2D eigenvalue weighted by Gasteiger charge is -2.33. The van der Waals surface area contributed by atoms with Crippen molar-refractivity contribution < 1.29 is 13.2 Å². The number of rotatable bonds is 1. The number of thiophene rings is 1. The molecule has 3 rings (SSSR count). The second kappa shape index (κ2) is 4.93. The third-order valence-electron chi connectivity index (χ3n) is 3.30. The van der Waals surface area contributed by atoms with Crippen LogP contribution in [0.4, 0.5) is 19.0 Å². The van der Waals surface area contributed by atoms with Crippen molar-refractivity contribution in [3.63, 3.8) is 0 Å². The first kappa shape index (κ1) is 14.2. The Labute approximate surface area is 126 Å². The first-order valence-electron chi connectivity index (χ1n) is 5.96. The summed E-state index contributed by atoms with van der Waals surface area (Å²) in [6.07, 6.45) is -3.49. The molecule has 1 N–H and O–H groups in total. The number of nitriles is 1. The highest BCUT2D eigenvalue weighted by Gasteiger charge is 2.47. The van der Waals surface area contributed by atoms with E-state index in [4.69, 9.17) is 16.9 Å². The van der Waals surface area contributed by atoms with Gasteiger partial charge in [0, 0.05) is 11.3 Å². The van der Waals surface area contributed by atoms with Gasteiger partial charge in [0.2, 0.25) is 0 Å². The number of hydrogen-bond acceptors (Lipinski definition) is 4. The molecule has 0 spiro atoms. The average molecular weight is 333 g/mol. The third-order valence-corrected chi connectivity index (χ3v) is 4.64. The van der Waals surface area contributed by atoms with Crippen LogP contribution in [0.3, 0.4) is 0 Å². The second-order valence-corrected chi connectivity index (χ2v) is 6.34. The van der Waals surface area contributed by atoms with E-state index in [0.717, 1.165) is 10.9 Å². The summed E-state index contributed by atoms with van der Waals surface area (Å²) in [6.45, 7) is 0. The van der Waals surface area contributed by atoms with Gasteiger partial charge in [-0.3, -0.25) is 0 Å². The van der Waals surface area contributed by atoms with Crippen molar-refractivity contribution in [3.05, 3.63) is 33.1 Å². The SMILES string of the molecule is N#Cc1cnn2c1NC(c1ccc(Cl)s1)CC2C(F)(F)F. The largest absolute Gasteiger partial charge is 0.410 e. The minimum atomic E-state index is -4.44. The van der Waals surface area contributed by atoms with Gasteiger partial charge in [-0.05, 0) is 12.1 Å². The highest BCUT2D eigenvalue weighted by Crippen LogP contribution is 2.45. The minimum Gasteiger partial charge on any atom is -0.361 e. The smallest absolute Gasteiger partial charge is 0.361 e. The molecule has 3 heterocycles. The quantitative estimate of drug-likeness (QED) is 0.854. The maximum absolute atomic E-state index is 13.2. The number of alkyl halides is 3. The molecule has 0 aliphatic carbocycles. The Morgan fingerprint density at radius 2 is 2.24 bits per heavy atom. The van der Waals surface area contributed by atoms with Crippen LogP contribution in [0.5, 0.6) is 0 Å². The molecule has 9 heteroatoms. The normalized spacial score (nSPS) is 21.5. The zero-order chi connectivity index (χ0) is 15.2. The summed E-state index contributed by atoms with van der Waals surface area (Å²) in [5, 5.41) is 15.6. The molecule has 21 heavy (non-hydrogen) atoms. The summed E-state index contributed by atoms with van der Waals surface area (Å²) in [5.41, 5.74) is 0.0941. The number of fused-ring (bicyclic) bond motifs is 1. The van der Waals surface area contributed by atoms with Crippen molar-refractivity contribution in [2.24, 2.45) is 0 Å². The number of nitrogens with one attached hydrogen (secondary N) is 1. The lowest BCUT2D eigenvalue weighted by atomic mass is 10.0. The van der Waals surface area contributed by atoms with Crippen LogP contribution in [0, 0.1) is 11.3 Å². The number of anilines is 1. The second-order valence-electron chi connectivity index (χ2n) is 4.60. The molecule has 0 amide bonds. The standard InChI is InChI=1S/C12H8ClF3N4S/c13-10-2-1-8(21-10)7-3-9(12(14,15)16)20-11(19-7)6(4-17)5-18-20/h1-2,5,7,9,19H,3H2. The van der Waals surface area contributed by atoms with E-state index in [1.165, 1.54) is 11.3 Å². The molecule has 0 fully saturated rings. The van der Waals surface area contributed by atoms with Crippen LogP contribution < -0.4 is 5.32 Å². The molecular formula is C12H8ClF3N4S. The fourth-order valence-corrected chi connectivity index (χ4v) is 3.47. The molecule has 1 aliphatic rings. The summed E-state index contributed by atoms with van der Waals surface area (Å²) >= 11 is 7.06. The van der Waals surface area contributed by atoms with Crippen molar-refractivity contribution in [3.8, 4) is 6.07 Å². The fourth-order valence-electron chi connectivity index (χ4n) is 2.35. The molecule has 0 aromatic carbocycles. The van der Waals surface area contributed by atoms with Crippen molar-refractivity contribution in [1.29, 1.82) is 5.26 Å². The van der Waals surface area contributed by atoms with Crippen LogP contribution in [0.25, 0.3) is 0 Å². The number of hydrogen-bond donors (Lipinski definition) is 1. The molecule has 0 saturated heterocycles. The zero-order valence-electron chi connectivity index (χ0n) is 10.4. The molecule has 2 unspecified atom stereocenters. The molecule has 2 aromatic heterocycles. The molecule has 4 nitrogen and oxygen atoms in total. The third kappa shape index (κ3) is 2.47. The maximum Gasteiger partial charge on any atom is 0.410 e. The number of halogens is 4. The van der Waals surface area contributed by atoms with Gasteiger partial charge >= 0.3 is 6.18 Å². The molecule has 0 radical (unpaired) electrons. The van der Waals surface area contributed by atoms with Crippen LogP contribution in [-0.2, 0) is 0 Å². The summed E-state index contributed by atoms with van der Waals surface area (Å²) in [6, 6.07) is 2.87. The Kier molecular flexibility index (Phi) is 3.34. The summed E-state index contributed by atoms with van der Waals surface area (Å²) in [4.78, 5) is 0.700. The first-order valence-corrected chi connectivity index (χ1v) is 7.15. The van der Waals surface area contributed by atoms with E-state index in [-0.39, 0.29) is 17.8 Å². The molecule has 1 aliphatic heterocycles.